The molecule has 110 valence electrons. The normalized spacial score (nSPS) is 11.1. The average molecular weight is 371 g/mol. The number of benzene rings is 2. The van der Waals surface area contributed by atoms with Gasteiger partial charge in [0.25, 0.3) is 5.69 Å². The van der Waals surface area contributed by atoms with E-state index in [-0.39, 0.29) is 10.6 Å². The fraction of sp³-hybridized carbons (Fsp3) is 0.0769. The number of nitrogens with one attached hydrogen (secondary N) is 1. The van der Waals surface area contributed by atoms with Gasteiger partial charge in [0.2, 0.25) is 0 Å². The fourth-order valence-corrected chi connectivity index (χ4v) is 2.68. The first-order valence-electron chi connectivity index (χ1n) is 5.78. The van der Waals surface area contributed by atoms with Crippen LogP contribution in [0.3, 0.4) is 0 Å². The van der Waals surface area contributed by atoms with E-state index >= 15 is 0 Å². The highest BCUT2D eigenvalue weighted by atomic mass is 79.9. The molecule has 0 aliphatic heterocycles. The number of anilines is 2. The van der Waals surface area contributed by atoms with E-state index in [9.17, 15) is 18.5 Å². The van der Waals surface area contributed by atoms with Crippen LogP contribution in [0, 0.1) is 10.1 Å². The van der Waals surface area contributed by atoms with Crippen LogP contribution >= 0.6 is 15.9 Å². The maximum Gasteiger partial charge on any atom is 0.293 e. The second-order valence-corrected chi connectivity index (χ2v) is 7.27. The van der Waals surface area contributed by atoms with Crippen molar-refractivity contribution < 1.29 is 13.3 Å². The van der Waals surface area contributed by atoms with Gasteiger partial charge in [-0.05, 0) is 36.4 Å². The summed E-state index contributed by atoms with van der Waals surface area (Å²) in [6.07, 6.45) is 1.12. The lowest BCUT2D eigenvalue weighted by Gasteiger charge is -2.08. The van der Waals surface area contributed by atoms with Crippen molar-refractivity contribution in [3.05, 3.63) is 57.1 Å². The minimum atomic E-state index is -3.26. The topological polar surface area (TPSA) is 89.3 Å². The summed E-state index contributed by atoms with van der Waals surface area (Å²) >= 11 is 3.18. The van der Waals surface area contributed by atoms with E-state index in [0.717, 1.165) is 6.26 Å². The van der Waals surface area contributed by atoms with Gasteiger partial charge < -0.3 is 5.32 Å². The maximum absolute atomic E-state index is 11.4. The van der Waals surface area contributed by atoms with Crippen LogP contribution in [-0.2, 0) is 9.84 Å². The average Bonchev–Trinajstić information content (AvgIpc) is 2.40. The Bertz CT molecular complexity index is 788. The van der Waals surface area contributed by atoms with Crippen LogP contribution in [0.25, 0.3) is 0 Å². The van der Waals surface area contributed by atoms with E-state index in [1.54, 1.807) is 24.3 Å². The summed E-state index contributed by atoms with van der Waals surface area (Å²) in [6.45, 7) is 0. The minimum Gasteiger partial charge on any atom is -0.350 e. The molecule has 0 saturated carbocycles. The van der Waals surface area contributed by atoms with E-state index < -0.39 is 14.8 Å². The van der Waals surface area contributed by atoms with Crippen molar-refractivity contribution in [2.45, 2.75) is 4.90 Å². The van der Waals surface area contributed by atoms with Crippen molar-refractivity contribution in [3.8, 4) is 0 Å². The Morgan fingerprint density at radius 2 is 1.76 bits per heavy atom. The molecule has 0 unspecified atom stereocenters. The summed E-state index contributed by atoms with van der Waals surface area (Å²) in [7, 11) is -3.26. The standard InChI is InChI=1S/C13H11BrN2O4S/c1-21(19,20)11-5-3-10(4-6-11)15-12-7-2-9(14)8-13(12)16(17)18/h2-8,15H,1H3. The quantitative estimate of drug-likeness (QED) is 0.656. The van der Waals surface area contributed by atoms with Crippen LogP contribution in [0.4, 0.5) is 17.1 Å². The number of nitro groups is 1. The summed E-state index contributed by atoms with van der Waals surface area (Å²) in [5, 5.41) is 13.9. The molecule has 2 aromatic carbocycles. The SMILES string of the molecule is CS(=O)(=O)c1ccc(Nc2ccc(Br)cc2[N+](=O)[O-])cc1. The first-order valence-corrected chi connectivity index (χ1v) is 8.47. The Balaban J connectivity index is 2.33. The van der Waals surface area contributed by atoms with E-state index in [4.69, 9.17) is 0 Å². The zero-order chi connectivity index (χ0) is 15.6. The van der Waals surface area contributed by atoms with Crippen molar-refractivity contribution in [3.63, 3.8) is 0 Å². The summed E-state index contributed by atoms with van der Waals surface area (Å²) < 4.78 is 23.3. The molecule has 0 aliphatic carbocycles. The van der Waals surface area contributed by atoms with Gasteiger partial charge in [-0.25, -0.2) is 8.42 Å². The predicted molar refractivity (Wildman–Crippen MR) is 83.6 cm³/mol. The first kappa shape index (κ1) is 15.5. The van der Waals surface area contributed by atoms with Crippen LogP contribution in [0.2, 0.25) is 0 Å². The van der Waals surface area contributed by atoms with Gasteiger partial charge in [-0.2, -0.15) is 0 Å². The Hall–Kier alpha value is -1.93. The molecule has 2 aromatic rings. The molecule has 0 aromatic heterocycles. The van der Waals surface area contributed by atoms with Crippen LogP contribution in [0.5, 0.6) is 0 Å². The van der Waals surface area contributed by atoms with Crippen molar-refractivity contribution in [2.24, 2.45) is 0 Å². The van der Waals surface area contributed by atoms with Crippen molar-refractivity contribution >= 4 is 42.8 Å². The summed E-state index contributed by atoms with van der Waals surface area (Å²) in [5.41, 5.74) is 0.819. The third kappa shape index (κ3) is 3.79. The van der Waals surface area contributed by atoms with Gasteiger partial charge in [0.15, 0.2) is 9.84 Å². The van der Waals surface area contributed by atoms with Gasteiger partial charge in [0.1, 0.15) is 5.69 Å². The predicted octanol–water partition coefficient (Wildman–Crippen LogP) is 3.50. The molecule has 6 nitrogen and oxygen atoms in total. The Kier molecular flexibility index (Phi) is 4.29. The van der Waals surface area contributed by atoms with E-state index in [0.29, 0.717) is 15.8 Å². The van der Waals surface area contributed by atoms with Crippen LogP contribution < -0.4 is 5.32 Å². The fourth-order valence-electron chi connectivity index (χ4n) is 1.70. The van der Waals surface area contributed by atoms with Crippen LogP contribution in [0.1, 0.15) is 0 Å². The number of sulfone groups is 1. The Morgan fingerprint density at radius 1 is 1.14 bits per heavy atom. The molecule has 21 heavy (non-hydrogen) atoms. The summed E-state index contributed by atoms with van der Waals surface area (Å²) in [4.78, 5) is 10.7. The van der Waals surface area contributed by atoms with E-state index in [1.165, 1.54) is 18.2 Å². The highest BCUT2D eigenvalue weighted by molar-refractivity contribution is 9.10. The number of nitrogens with zero attached hydrogens (tertiary/aromatic N) is 1. The van der Waals surface area contributed by atoms with E-state index in [2.05, 4.69) is 21.2 Å². The molecule has 0 amide bonds. The van der Waals surface area contributed by atoms with Gasteiger partial charge in [0.05, 0.1) is 9.82 Å². The second-order valence-electron chi connectivity index (χ2n) is 4.34. The number of halogens is 1. The lowest BCUT2D eigenvalue weighted by atomic mass is 10.2. The van der Waals surface area contributed by atoms with Gasteiger partial charge in [-0.15, -0.1) is 0 Å². The molecule has 0 bridgehead atoms. The number of nitro benzene ring substituents is 1. The zero-order valence-electron chi connectivity index (χ0n) is 10.9. The molecule has 1 N–H and O–H groups in total. The highest BCUT2D eigenvalue weighted by Gasteiger charge is 2.14. The van der Waals surface area contributed by atoms with Crippen LogP contribution in [-0.4, -0.2) is 19.6 Å². The second kappa shape index (κ2) is 5.82. The monoisotopic (exact) mass is 370 g/mol. The number of hydrogen-bond acceptors (Lipinski definition) is 5. The third-order valence-corrected chi connectivity index (χ3v) is 4.34. The molecular formula is C13H11BrN2O4S. The molecule has 0 aliphatic rings. The molecule has 8 heteroatoms. The first-order chi connectivity index (χ1) is 9.77. The Labute approximate surface area is 130 Å². The van der Waals surface area contributed by atoms with Gasteiger partial charge in [-0.1, -0.05) is 15.9 Å². The van der Waals surface area contributed by atoms with Gasteiger partial charge in [0, 0.05) is 22.5 Å². The van der Waals surface area contributed by atoms with Crippen molar-refractivity contribution in [2.75, 3.05) is 11.6 Å². The molecule has 0 atom stereocenters. The van der Waals surface area contributed by atoms with Gasteiger partial charge >= 0.3 is 0 Å². The van der Waals surface area contributed by atoms with Gasteiger partial charge in [-0.3, -0.25) is 10.1 Å². The molecule has 0 spiro atoms. The highest BCUT2D eigenvalue weighted by Crippen LogP contribution is 2.30. The third-order valence-electron chi connectivity index (χ3n) is 2.72. The smallest absolute Gasteiger partial charge is 0.293 e. The number of rotatable bonds is 4. The van der Waals surface area contributed by atoms with Crippen LogP contribution in [0.15, 0.2) is 51.8 Å². The molecular weight excluding hydrogens is 360 g/mol. The minimum absolute atomic E-state index is 0.0726. The zero-order valence-corrected chi connectivity index (χ0v) is 13.3. The summed E-state index contributed by atoms with van der Waals surface area (Å²) in [5.74, 6) is 0. The number of hydrogen-bond donors (Lipinski definition) is 1. The van der Waals surface area contributed by atoms with Crippen molar-refractivity contribution in [1.82, 2.24) is 0 Å². The molecule has 0 fully saturated rings. The lowest BCUT2D eigenvalue weighted by Crippen LogP contribution is -1.99. The maximum atomic E-state index is 11.4. The summed E-state index contributed by atoms with van der Waals surface area (Å²) in [6, 6.07) is 10.7. The molecule has 0 radical (unpaired) electrons. The van der Waals surface area contributed by atoms with Crippen molar-refractivity contribution in [1.29, 1.82) is 0 Å². The van der Waals surface area contributed by atoms with E-state index in [1.807, 2.05) is 0 Å². The molecule has 0 heterocycles. The molecule has 2 rings (SSSR count). The molecule has 0 saturated heterocycles. The lowest BCUT2D eigenvalue weighted by molar-refractivity contribution is -0.384. The largest absolute Gasteiger partial charge is 0.350 e. The Morgan fingerprint density at radius 3 is 2.29 bits per heavy atom.